The molecule has 1 amide bonds. The van der Waals surface area contributed by atoms with Crippen molar-refractivity contribution < 1.29 is 26.4 Å². The van der Waals surface area contributed by atoms with Gasteiger partial charge in [-0.15, -0.1) is 0 Å². The van der Waals surface area contributed by atoms with E-state index >= 15 is 0 Å². The first-order chi connectivity index (χ1) is 9.08. The van der Waals surface area contributed by atoms with E-state index in [-0.39, 0.29) is 21.9 Å². The molecule has 0 bridgehead atoms. The van der Waals surface area contributed by atoms with Crippen molar-refractivity contribution in [2.24, 2.45) is 0 Å². The lowest BCUT2D eigenvalue weighted by atomic mass is 10.2. The van der Waals surface area contributed by atoms with E-state index in [4.69, 9.17) is 5.73 Å². The molecule has 0 saturated carbocycles. The number of amides is 1. The van der Waals surface area contributed by atoms with Crippen LogP contribution in [0.15, 0.2) is 23.1 Å². The van der Waals surface area contributed by atoms with Crippen LogP contribution in [-0.4, -0.2) is 26.3 Å². The topological polar surface area (TPSA) is 89.3 Å². The lowest BCUT2D eigenvalue weighted by Crippen LogP contribution is -2.36. The van der Waals surface area contributed by atoms with Crippen LogP contribution < -0.4 is 11.1 Å². The van der Waals surface area contributed by atoms with Crippen LogP contribution >= 0.6 is 0 Å². The third-order valence-electron chi connectivity index (χ3n) is 2.50. The molecule has 0 radical (unpaired) electrons. The highest BCUT2D eigenvalue weighted by atomic mass is 32.2. The van der Waals surface area contributed by atoms with Gasteiger partial charge in [-0.05, 0) is 23.8 Å². The van der Waals surface area contributed by atoms with Gasteiger partial charge < -0.3 is 11.1 Å². The highest BCUT2D eigenvalue weighted by molar-refractivity contribution is 7.91. The Kier molecular flexibility index (Phi) is 4.64. The molecule has 0 atom stereocenters. The van der Waals surface area contributed by atoms with Crippen molar-refractivity contribution in [2.75, 3.05) is 11.5 Å². The molecule has 1 aromatic carbocycles. The summed E-state index contributed by atoms with van der Waals surface area (Å²) in [6, 6.07) is 3.76. The van der Waals surface area contributed by atoms with Crippen molar-refractivity contribution in [1.82, 2.24) is 5.32 Å². The number of nitrogen functional groups attached to an aromatic ring is 1. The van der Waals surface area contributed by atoms with Crippen molar-refractivity contribution in [3.8, 4) is 0 Å². The van der Waals surface area contributed by atoms with Crippen LogP contribution in [0.3, 0.4) is 0 Å². The summed E-state index contributed by atoms with van der Waals surface area (Å²) >= 11 is 0. The van der Waals surface area contributed by atoms with E-state index < -0.39 is 28.5 Å². The largest absolute Gasteiger partial charge is 0.471 e. The molecule has 20 heavy (non-hydrogen) atoms. The third kappa shape index (κ3) is 3.86. The summed E-state index contributed by atoms with van der Waals surface area (Å²) in [6.45, 7) is 0.835. The van der Waals surface area contributed by atoms with Crippen molar-refractivity contribution >= 4 is 21.4 Å². The van der Waals surface area contributed by atoms with Gasteiger partial charge in [0.25, 0.3) is 0 Å². The number of hydrogen-bond donors (Lipinski definition) is 2. The number of rotatable bonds is 4. The second-order valence-corrected chi connectivity index (χ2v) is 6.20. The number of benzene rings is 1. The molecule has 1 rings (SSSR count). The number of hydrogen-bond acceptors (Lipinski definition) is 4. The summed E-state index contributed by atoms with van der Waals surface area (Å²) in [7, 11) is -3.62. The smallest absolute Gasteiger partial charge is 0.399 e. The molecular formula is C11H13F3N2O3S. The van der Waals surface area contributed by atoms with Crippen LogP contribution in [0.1, 0.15) is 12.5 Å². The minimum Gasteiger partial charge on any atom is -0.399 e. The van der Waals surface area contributed by atoms with Crippen LogP contribution in [-0.2, 0) is 21.2 Å². The Morgan fingerprint density at radius 1 is 1.35 bits per heavy atom. The molecule has 9 heteroatoms. The molecule has 0 fully saturated rings. The number of nitrogens with one attached hydrogen (secondary N) is 1. The third-order valence-corrected chi connectivity index (χ3v) is 4.32. The van der Waals surface area contributed by atoms with E-state index in [1.807, 2.05) is 0 Å². The molecular weight excluding hydrogens is 297 g/mol. The molecule has 0 unspecified atom stereocenters. The minimum atomic E-state index is -5.02. The van der Waals surface area contributed by atoms with E-state index in [0.717, 1.165) is 0 Å². The van der Waals surface area contributed by atoms with Crippen LogP contribution in [0.25, 0.3) is 0 Å². The van der Waals surface area contributed by atoms with Crippen LogP contribution in [0.2, 0.25) is 0 Å². The summed E-state index contributed by atoms with van der Waals surface area (Å²) in [5, 5.41) is 1.62. The first-order valence-corrected chi connectivity index (χ1v) is 7.19. The predicted octanol–water partition coefficient (Wildman–Crippen LogP) is 1.24. The molecule has 0 aliphatic carbocycles. The van der Waals surface area contributed by atoms with Crippen molar-refractivity contribution in [3.05, 3.63) is 23.8 Å². The zero-order valence-corrected chi connectivity index (χ0v) is 11.3. The van der Waals surface area contributed by atoms with Gasteiger partial charge >= 0.3 is 12.1 Å². The molecule has 0 spiro atoms. The molecule has 0 aliphatic rings. The summed E-state index contributed by atoms with van der Waals surface area (Å²) in [5.74, 6) is -2.35. The van der Waals surface area contributed by atoms with Gasteiger partial charge in [0, 0.05) is 12.2 Å². The maximum absolute atomic E-state index is 12.1. The summed E-state index contributed by atoms with van der Waals surface area (Å²) in [6.07, 6.45) is -5.02. The fourth-order valence-electron chi connectivity index (χ4n) is 1.47. The van der Waals surface area contributed by atoms with E-state index in [1.165, 1.54) is 25.1 Å². The van der Waals surface area contributed by atoms with Gasteiger partial charge in [-0.1, -0.05) is 6.92 Å². The molecule has 112 valence electrons. The Morgan fingerprint density at radius 3 is 2.45 bits per heavy atom. The SMILES string of the molecule is CCS(=O)(=O)c1ccc(N)cc1CNC(=O)C(F)(F)F. The van der Waals surface area contributed by atoms with Crippen molar-refractivity contribution in [3.63, 3.8) is 0 Å². The average molecular weight is 310 g/mol. The molecule has 0 aromatic heterocycles. The Hall–Kier alpha value is -1.77. The summed E-state index contributed by atoms with van der Waals surface area (Å²) < 4.78 is 59.8. The van der Waals surface area contributed by atoms with Gasteiger partial charge in [0.15, 0.2) is 9.84 Å². The Bertz CT molecular complexity index is 612. The number of anilines is 1. The highest BCUT2D eigenvalue weighted by Gasteiger charge is 2.38. The van der Waals surface area contributed by atoms with Gasteiger partial charge in [-0.25, -0.2) is 8.42 Å². The standard InChI is InChI=1S/C11H13F3N2O3S/c1-2-20(18,19)9-4-3-8(15)5-7(9)6-16-10(17)11(12,13)14/h3-5H,2,6,15H2,1H3,(H,16,17). The quantitative estimate of drug-likeness (QED) is 0.819. The van der Waals surface area contributed by atoms with Crippen LogP contribution in [0.5, 0.6) is 0 Å². The zero-order chi connectivity index (χ0) is 15.6. The second-order valence-electron chi connectivity index (χ2n) is 3.95. The van der Waals surface area contributed by atoms with Gasteiger partial charge in [0.05, 0.1) is 10.6 Å². The van der Waals surface area contributed by atoms with Gasteiger partial charge in [0.1, 0.15) is 0 Å². The summed E-state index contributed by atoms with van der Waals surface area (Å²) in [5.41, 5.74) is 5.68. The van der Waals surface area contributed by atoms with Crippen LogP contribution in [0.4, 0.5) is 18.9 Å². The van der Waals surface area contributed by atoms with E-state index in [1.54, 1.807) is 5.32 Å². The highest BCUT2D eigenvalue weighted by Crippen LogP contribution is 2.21. The van der Waals surface area contributed by atoms with Gasteiger partial charge in [-0.2, -0.15) is 13.2 Å². The summed E-state index contributed by atoms with van der Waals surface area (Å²) in [4.78, 5) is 10.6. The lowest BCUT2D eigenvalue weighted by molar-refractivity contribution is -0.173. The Labute approximate surface area is 113 Å². The molecule has 1 aromatic rings. The number of halogens is 3. The van der Waals surface area contributed by atoms with Crippen LogP contribution in [0, 0.1) is 0 Å². The first kappa shape index (κ1) is 16.3. The number of carbonyl (C=O) groups excluding carboxylic acids is 1. The van der Waals surface area contributed by atoms with Gasteiger partial charge in [-0.3, -0.25) is 4.79 Å². The Morgan fingerprint density at radius 2 is 1.95 bits per heavy atom. The molecule has 5 nitrogen and oxygen atoms in total. The normalized spacial score (nSPS) is 12.2. The molecule has 0 aliphatic heterocycles. The van der Waals surface area contributed by atoms with E-state index in [0.29, 0.717) is 0 Å². The van der Waals surface area contributed by atoms with Gasteiger partial charge in [0.2, 0.25) is 0 Å². The zero-order valence-electron chi connectivity index (χ0n) is 10.5. The number of alkyl halides is 3. The molecule has 3 N–H and O–H groups in total. The molecule has 0 saturated heterocycles. The van der Waals surface area contributed by atoms with E-state index in [9.17, 15) is 26.4 Å². The van der Waals surface area contributed by atoms with Crippen molar-refractivity contribution in [1.29, 1.82) is 0 Å². The number of carbonyl (C=O) groups is 1. The second kappa shape index (κ2) is 5.70. The molecule has 0 heterocycles. The first-order valence-electron chi connectivity index (χ1n) is 5.54. The minimum absolute atomic E-state index is 0.0180. The fraction of sp³-hybridized carbons (Fsp3) is 0.364. The Balaban J connectivity index is 3.06. The average Bonchev–Trinajstić information content (AvgIpc) is 2.34. The maximum Gasteiger partial charge on any atom is 0.471 e. The number of sulfone groups is 1. The van der Waals surface area contributed by atoms with E-state index in [2.05, 4.69) is 0 Å². The van der Waals surface area contributed by atoms with Crippen molar-refractivity contribution in [2.45, 2.75) is 24.5 Å². The maximum atomic E-state index is 12.1. The monoisotopic (exact) mass is 310 g/mol. The number of nitrogens with two attached hydrogens (primary N) is 1. The lowest BCUT2D eigenvalue weighted by Gasteiger charge is -2.12. The predicted molar refractivity (Wildman–Crippen MR) is 66.5 cm³/mol. The fourth-order valence-corrected chi connectivity index (χ4v) is 2.59.